The molecule has 55 heteroatoms. The van der Waals surface area contributed by atoms with Crippen molar-refractivity contribution < 1.29 is 89.8 Å². The highest BCUT2D eigenvalue weighted by molar-refractivity contribution is 7.60. The van der Waals surface area contributed by atoms with E-state index in [1.54, 1.807) is 80.6 Å². The first-order valence-corrected chi connectivity index (χ1v) is 49.0. The second-order valence-electron chi connectivity index (χ2n) is 31.4. The van der Waals surface area contributed by atoms with Gasteiger partial charge in [-0.2, -0.15) is 19.9 Å². The number of hydrogen-bond donors (Lipinski definition) is 16. The molecule has 129 heavy (non-hydrogen) atoms. The Morgan fingerprint density at radius 1 is 0.357 bits per heavy atom. The van der Waals surface area contributed by atoms with Crippen LogP contribution in [0.4, 0.5) is 23.8 Å². The molecule has 2 fully saturated rings. The molecule has 0 radical (unpaired) electrons. The normalized spacial score (nSPS) is 16.8. The third-order valence-corrected chi connectivity index (χ3v) is 28.4. The lowest BCUT2D eigenvalue weighted by atomic mass is 10.3. The monoisotopic (exact) mass is 1890 g/mol. The lowest BCUT2D eigenvalue weighted by Crippen LogP contribution is -2.42. The molecule has 8 aromatic heterocycles. The van der Waals surface area contributed by atoms with Crippen molar-refractivity contribution in [3.63, 3.8) is 0 Å². The standard InChI is InChI=1S/2C20H32N7O6P.C18H30N7O6P.C16H26N7O5P/c2*1-12(14(3)28)25-34(31,26-13(2)19(30)33-15-6-4-5-7-15)11-32-9-8-27-10-22-16-17(27)23-20(21)24-18(16)29;1-10(2)31-17(28)12(4)24-32(29,23-11(3)13(5)26)9-30-7-6-25-8-20-14-15(25)21-18(19)22-16(14)27;1-9(11(3)24)21-29(27,22-10(2)12(4)25)8-28-6-5-23-7-18-13-14(23)19-16(17)20-15(13)26/h2*10,12-13,15H,4-9,11H2,1-3H3,(H2,25,26,31)(H3,21,23,24,29);8,10-12H,6-7,9H2,1-5H3,(H2,23,24,29)(H3,19,21,22,27);7,9-10H,5-6,8H2,1-4H3,(H2,21,22,27)(H3,17,19,20,26)/t12-,13+,34?;12-,13-,34?;11-,12-,32?;9-,10+,29?/m000./s1. The van der Waals surface area contributed by atoms with Crippen LogP contribution in [-0.4, -0.2) is 243 Å². The van der Waals surface area contributed by atoms with Crippen LogP contribution in [0, 0.1) is 0 Å². The minimum Gasteiger partial charge on any atom is -0.462 e. The van der Waals surface area contributed by atoms with E-state index in [2.05, 4.69) is 101 Å². The molecule has 714 valence electrons. The molecule has 12 atom stereocenters. The Morgan fingerprint density at radius 3 is 0.760 bits per heavy atom. The molecule has 0 spiro atoms. The number of Topliss-reactive ketones (excluding diaryl/α,β-unsaturated/α-hetero) is 5. The van der Waals surface area contributed by atoms with Crippen molar-refractivity contribution in [2.75, 3.05) is 74.8 Å². The average molecular weight is 1890 g/mol. The van der Waals surface area contributed by atoms with E-state index in [9.17, 15) is 75.8 Å². The van der Waals surface area contributed by atoms with Gasteiger partial charge in [-0.25, -0.2) is 60.6 Å². The first-order valence-electron chi connectivity index (χ1n) is 41.5. The summed E-state index contributed by atoms with van der Waals surface area (Å²) in [7, 11) is -13.9. The van der Waals surface area contributed by atoms with Crippen molar-refractivity contribution in [3.05, 3.63) is 66.7 Å². The molecular weight excluding hydrogens is 1770 g/mol. The molecule has 8 heterocycles. The van der Waals surface area contributed by atoms with E-state index >= 15 is 0 Å². The summed E-state index contributed by atoms with van der Waals surface area (Å²) in [5, 5.41) is 22.1. The maximum absolute atomic E-state index is 13.5. The van der Waals surface area contributed by atoms with Crippen LogP contribution in [0.25, 0.3) is 44.7 Å². The minimum atomic E-state index is -3.51. The molecule has 10 rings (SSSR count). The zero-order valence-corrected chi connectivity index (χ0v) is 78.2. The van der Waals surface area contributed by atoms with Gasteiger partial charge in [0.1, 0.15) is 84.6 Å². The first-order chi connectivity index (χ1) is 60.6. The van der Waals surface area contributed by atoms with Gasteiger partial charge >= 0.3 is 17.9 Å². The van der Waals surface area contributed by atoms with Gasteiger partial charge in [0.15, 0.2) is 44.7 Å². The fourth-order valence-electron chi connectivity index (χ4n) is 12.4. The summed E-state index contributed by atoms with van der Waals surface area (Å²) in [6.07, 6.45) is 11.5. The number of H-pyrrole nitrogens is 4. The highest BCUT2D eigenvalue weighted by Crippen LogP contribution is 2.41. The van der Waals surface area contributed by atoms with Gasteiger partial charge in [0.2, 0.25) is 53.6 Å². The van der Waals surface area contributed by atoms with E-state index < -0.39 is 118 Å². The number of nitrogen functional groups attached to an aromatic ring is 4. The minimum absolute atomic E-state index is 0.0282. The Bertz CT molecular complexity index is 5480. The van der Waals surface area contributed by atoms with E-state index in [1.165, 1.54) is 66.9 Å². The van der Waals surface area contributed by atoms with Crippen LogP contribution in [0.5, 0.6) is 0 Å². The Hall–Kier alpha value is -10.2. The maximum atomic E-state index is 13.5. The molecule has 4 unspecified atom stereocenters. The molecule has 20 N–H and O–H groups in total. The lowest BCUT2D eigenvalue weighted by molar-refractivity contribution is -0.151. The molecule has 0 amide bonds. The van der Waals surface area contributed by atoms with E-state index in [4.69, 9.17) is 56.1 Å². The summed E-state index contributed by atoms with van der Waals surface area (Å²) in [5.41, 5.74) is 22.3. The summed E-state index contributed by atoms with van der Waals surface area (Å²) in [5.74, 6) is -2.72. The summed E-state index contributed by atoms with van der Waals surface area (Å²) >= 11 is 0. The predicted octanol–water partition coefficient (Wildman–Crippen LogP) is 2.17. The Kier molecular flexibility index (Phi) is 39.9. The van der Waals surface area contributed by atoms with Gasteiger partial charge in [-0.05, 0) is 155 Å². The molecule has 8 aromatic rings. The Morgan fingerprint density at radius 2 is 0.558 bits per heavy atom. The fraction of sp³-hybridized carbons (Fsp3) is 0.622. The van der Waals surface area contributed by atoms with Gasteiger partial charge in [-0.3, -0.25) is 95.7 Å². The summed E-state index contributed by atoms with van der Waals surface area (Å²) < 4.78 is 98.5. The Labute approximate surface area is 739 Å². The zero-order chi connectivity index (χ0) is 95.6. The first kappa shape index (κ1) is 106. The van der Waals surface area contributed by atoms with Crippen LogP contribution in [0.3, 0.4) is 0 Å². The number of hydrogen-bond acceptors (Lipinski definition) is 35. The summed E-state index contributed by atoms with van der Waals surface area (Å²) in [6.45, 7) is 24.3. The molecule has 51 nitrogen and oxygen atoms in total. The maximum Gasteiger partial charge on any atom is 0.323 e. The second kappa shape index (κ2) is 48.6. The molecule has 2 saturated carbocycles. The van der Waals surface area contributed by atoms with E-state index in [1.807, 2.05) is 0 Å². The number of carbonyl (C=O) groups is 8. The van der Waals surface area contributed by atoms with E-state index in [-0.39, 0.29) is 171 Å². The van der Waals surface area contributed by atoms with Crippen molar-refractivity contribution >= 4 is 145 Å². The number of nitrogens with one attached hydrogen (secondary N) is 12. The topological polar surface area (TPSA) is 724 Å². The fourth-order valence-corrected chi connectivity index (χ4v) is 21.1. The van der Waals surface area contributed by atoms with Crippen molar-refractivity contribution in [2.45, 2.75) is 248 Å². The van der Waals surface area contributed by atoms with Crippen LogP contribution in [0.1, 0.15) is 155 Å². The number of carbonyl (C=O) groups excluding carboxylic acids is 8. The number of ether oxygens (including phenoxy) is 7. The summed E-state index contributed by atoms with van der Waals surface area (Å²) in [6, 6.07) is -6.11. The van der Waals surface area contributed by atoms with Crippen LogP contribution in [-0.2, 0) is 116 Å². The van der Waals surface area contributed by atoms with Crippen LogP contribution < -0.4 is 85.9 Å². The summed E-state index contributed by atoms with van der Waals surface area (Å²) in [4.78, 5) is 184. The van der Waals surface area contributed by atoms with Gasteiger partial charge < -0.3 is 74.4 Å². The van der Waals surface area contributed by atoms with Crippen molar-refractivity contribution in [1.29, 1.82) is 0 Å². The van der Waals surface area contributed by atoms with Gasteiger partial charge in [-0.1, -0.05) is 0 Å². The van der Waals surface area contributed by atoms with Gasteiger partial charge in [0, 0.05) is 26.2 Å². The molecule has 0 aromatic carbocycles. The number of aromatic nitrogens is 16. The lowest BCUT2D eigenvalue weighted by Gasteiger charge is -2.26. The molecule has 2 aliphatic carbocycles. The SMILES string of the molecule is CC(=O)[C@H](C)NP(=O)(COCCn1cnc2c(=O)[nH]c(N)nc21)N[C@@H](C)C(=O)OC(C)C.CC(=O)[C@H](C)NP(=O)(COCCn1cnc2c(=O)[nH]c(N)nc21)N[C@@H](C)C(=O)OC1CCCC1.CC(=O)[C@H](C)NP(=O)(COCCn1cnc2c(=O)[nH]c(N)nc21)N[C@H](C)C(=O)OC1CCCC1.CC(=O)[C@H](C)NP(=O)(COCCn1cnc2c(=O)[nH]c(N)nc21)N[C@H](C)C(C)=O. The van der Waals surface area contributed by atoms with Crippen LogP contribution >= 0.6 is 29.8 Å². The molecular formula is C74H120N28O23P4. The zero-order valence-electron chi connectivity index (χ0n) is 74.7. The van der Waals surface area contributed by atoms with Gasteiger partial charge in [0.25, 0.3) is 22.2 Å². The molecule has 0 saturated heterocycles. The quantitative estimate of drug-likeness (QED) is 0.0112. The molecule has 2 aliphatic rings. The Balaban J connectivity index is 0.000000236. The number of imidazole rings is 4. The number of nitrogens with two attached hydrogens (primary N) is 4. The number of ketones is 5. The number of aromatic amines is 4. The van der Waals surface area contributed by atoms with E-state index in [0.29, 0.717) is 22.6 Å². The predicted molar refractivity (Wildman–Crippen MR) is 476 cm³/mol. The highest BCUT2D eigenvalue weighted by atomic mass is 31.2. The van der Waals surface area contributed by atoms with E-state index in [0.717, 1.165) is 51.4 Å². The number of nitrogens with zero attached hydrogens (tertiary/aromatic N) is 12. The average Bonchev–Trinajstić information content (AvgIpc) is 1.67. The van der Waals surface area contributed by atoms with Crippen LogP contribution in [0.2, 0.25) is 0 Å². The number of esters is 3. The third-order valence-electron chi connectivity index (χ3n) is 19.8. The number of fused-ring (bicyclic) bond motifs is 4. The molecule has 0 bridgehead atoms. The third kappa shape index (κ3) is 32.7. The van der Waals surface area contributed by atoms with Gasteiger partial charge in [-0.15, -0.1) is 0 Å². The van der Waals surface area contributed by atoms with Crippen molar-refractivity contribution in [2.24, 2.45) is 0 Å². The largest absolute Gasteiger partial charge is 0.462 e. The second-order valence-corrected chi connectivity index (χ2v) is 40.4. The molecule has 0 aliphatic heterocycles. The number of anilines is 4. The smallest absolute Gasteiger partial charge is 0.323 e. The highest BCUT2D eigenvalue weighted by Gasteiger charge is 2.37. The van der Waals surface area contributed by atoms with Crippen molar-refractivity contribution in [3.8, 4) is 0 Å². The van der Waals surface area contributed by atoms with Crippen molar-refractivity contribution in [1.82, 2.24) is 119 Å². The van der Waals surface area contributed by atoms with Gasteiger partial charge in [0.05, 0.1) is 88.0 Å². The van der Waals surface area contributed by atoms with Crippen LogP contribution in [0.15, 0.2) is 44.5 Å². The number of rotatable bonds is 47.